The molecule has 2 rings (SSSR count). The molecule has 0 amide bonds. The Morgan fingerprint density at radius 3 is 2.27 bits per heavy atom. The molecule has 0 heterocycles. The summed E-state index contributed by atoms with van der Waals surface area (Å²) in [6, 6.07) is 8.09. The summed E-state index contributed by atoms with van der Waals surface area (Å²) in [6.07, 6.45) is 5.92. The molecule has 0 unspecified atom stereocenters. The summed E-state index contributed by atoms with van der Waals surface area (Å²) in [4.78, 5) is 12.6. The Balaban J connectivity index is 2.12. The Labute approximate surface area is 135 Å². The molecule has 0 aliphatic heterocycles. The summed E-state index contributed by atoms with van der Waals surface area (Å²) >= 11 is 0. The molecule has 118 valence electrons. The molecule has 1 heteroatoms. The summed E-state index contributed by atoms with van der Waals surface area (Å²) in [7, 11) is 0. The monoisotopic (exact) mass is 296 g/mol. The van der Waals surface area contributed by atoms with Crippen molar-refractivity contribution in [3.63, 3.8) is 0 Å². The number of rotatable bonds is 3. The predicted molar refractivity (Wildman–Crippen MR) is 94.3 cm³/mol. The molecule has 1 aromatic rings. The van der Waals surface area contributed by atoms with E-state index in [0.717, 1.165) is 12.0 Å². The number of hydrogen-bond acceptors (Lipinski definition) is 1. The number of Topliss-reactive ketones (excluding diaryl/α,β-unsaturated/α-hetero) is 1. The predicted octanol–water partition coefficient (Wildman–Crippen LogP) is 5.86. The summed E-state index contributed by atoms with van der Waals surface area (Å²) in [5, 5.41) is 0. The molecule has 1 aliphatic carbocycles. The molecule has 22 heavy (non-hydrogen) atoms. The van der Waals surface area contributed by atoms with Crippen molar-refractivity contribution in [2.45, 2.75) is 59.8 Å². The van der Waals surface area contributed by atoms with Crippen LogP contribution in [0.1, 0.15) is 70.3 Å². The van der Waals surface area contributed by atoms with Crippen molar-refractivity contribution < 1.29 is 4.79 Å². The van der Waals surface area contributed by atoms with Gasteiger partial charge in [-0.25, -0.2) is 0 Å². The lowest BCUT2D eigenvalue weighted by atomic mass is 9.85. The van der Waals surface area contributed by atoms with E-state index in [2.05, 4.69) is 65.8 Å². The SMILES string of the molecule is CC(C)(C)C1=CCC(CC(=O)c2cccc(C(C)(C)C)c2)=C1. The van der Waals surface area contributed by atoms with E-state index in [0.29, 0.717) is 6.42 Å². The highest BCUT2D eigenvalue weighted by molar-refractivity contribution is 5.97. The average molecular weight is 296 g/mol. The highest BCUT2D eigenvalue weighted by atomic mass is 16.1. The second-order valence-corrected chi connectivity index (χ2v) is 8.35. The van der Waals surface area contributed by atoms with Crippen molar-refractivity contribution in [1.82, 2.24) is 0 Å². The van der Waals surface area contributed by atoms with Gasteiger partial charge in [0.15, 0.2) is 5.78 Å². The minimum absolute atomic E-state index is 0.0733. The van der Waals surface area contributed by atoms with Crippen LogP contribution < -0.4 is 0 Å². The Bertz CT molecular complexity index is 631. The Kier molecular flexibility index (Phi) is 4.47. The number of ketones is 1. The molecule has 0 spiro atoms. The topological polar surface area (TPSA) is 17.1 Å². The lowest BCUT2D eigenvalue weighted by Gasteiger charge is -2.19. The van der Waals surface area contributed by atoms with E-state index in [1.807, 2.05) is 12.1 Å². The minimum Gasteiger partial charge on any atom is -0.294 e. The number of carbonyl (C=O) groups is 1. The van der Waals surface area contributed by atoms with Gasteiger partial charge in [0.2, 0.25) is 0 Å². The number of benzene rings is 1. The first-order chi connectivity index (χ1) is 10.1. The summed E-state index contributed by atoms with van der Waals surface area (Å²) in [5.41, 5.74) is 4.86. The zero-order valence-corrected chi connectivity index (χ0v) is 14.8. The van der Waals surface area contributed by atoms with E-state index in [9.17, 15) is 4.79 Å². The van der Waals surface area contributed by atoms with Crippen LogP contribution in [-0.2, 0) is 5.41 Å². The average Bonchev–Trinajstić information content (AvgIpc) is 2.86. The van der Waals surface area contributed by atoms with Crippen molar-refractivity contribution in [3.8, 4) is 0 Å². The van der Waals surface area contributed by atoms with Crippen molar-refractivity contribution in [1.29, 1.82) is 0 Å². The first kappa shape index (κ1) is 16.7. The van der Waals surface area contributed by atoms with Gasteiger partial charge in [-0.1, -0.05) is 77.5 Å². The fourth-order valence-corrected chi connectivity index (χ4v) is 2.69. The molecule has 0 N–H and O–H groups in total. The van der Waals surface area contributed by atoms with Gasteiger partial charge in [-0.3, -0.25) is 4.79 Å². The Morgan fingerprint density at radius 1 is 1.05 bits per heavy atom. The maximum atomic E-state index is 12.6. The van der Waals surface area contributed by atoms with Gasteiger partial charge in [0.1, 0.15) is 0 Å². The van der Waals surface area contributed by atoms with Crippen LogP contribution in [0.15, 0.2) is 47.6 Å². The lowest BCUT2D eigenvalue weighted by Crippen LogP contribution is -2.12. The summed E-state index contributed by atoms with van der Waals surface area (Å²) in [5.74, 6) is 0.223. The fraction of sp³-hybridized carbons (Fsp3) is 0.476. The fourth-order valence-electron chi connectivity index (χ4n) is 2.69. The zero-order chi connectivity index (χ0) is 16.5. The van der Waals surface area contributed by atoms with Crippen LogP contribution in [0.25, 0.3) is 0 Å². The van der Waals surface area contributed by atoms with Crippen LogP contribution in [0, 0.1) is 5.41 Å². The zero-order valence-electron chi connectivity index (χ0n) is 14.8. The van der Waals surface area contributed by atoms with Gasteiger partial charge in [-0.15, -0.1) is 0 Å². The minimum atomic E-state index is 0.0733. The van der Waals surface area contributed by atoms with Gasteiger partial charge in [0.05, 0.1) is 0 Å². The second kappa shape index (κ2) is 5.87. The molecule has 1 aliphatic rings. The van der Waals surface area contributed by atoms with Gasteiger partial charge in [0.25, 0.3) is 0 Å². The van der Waals surface area contributed by atoms with Crippen molar-refractivity contribution in [2.75, 3.05) is 0 Å². The van der Waals surface area contributed by atoms with E-state index in [1.54, 1.807) is 0 Å². The third-order valence-corrected chi connectivity index (χ3v) is 4.25. The van der Waals surface area contributed by atoms with Crippen LogP contribution in [-0.4, -0.2) is 5.78 Å². The highest BCUT2D eigenvalue weighted by Gasteiger charge is 2.21. The number of carbonyl (C=O) groups excluding carboxylic acids is 1. The molecule has 0 radical (unpaired) electrons. The quantitative estimate of drug-likeness (QED) is 0.638. The Hall–Kier alpha value is -1.63. The molecule has 0 aromatic heterocycles. The van der Waals surface area contributed by atoms with Crippen molar-refractivity contribution >= 4 is 5.78 Å². The van der Waals surface area contributed by atoms with Gasteiger partial charge >= 0.3 is 0 Å². The molecule has 0 atom stereocenters. The molecule has 0 bridgehead atoms. The molecule has 0 fully saturated rings. The maximum Gasteiger partial charge on any atom is 0.166 e. The van der Waals surface area contributed by atoms with Crippen LogP contribution in [0.5, 0.6) is 0 Å². The van der Waals surface area contributed by atoms with E-state index >= 15 is 0 Å². The van der Waals surface area contributed by atoms with E-state index in [1.165, 1.54) is 16.7 Å². The first-order valence-electron chi connectivity index (χ1n) is 8.11. The first-order valence-corrected chi connectivity index (χ1v) is 8.11. The summed E-state index contributed by atoms with van der Waals surface area (Å²) in [6.45, 7) is 13.2. The molecule has 1 nitrogen and oxygen atoms in total. The van der Waals surface area contributed by atoms with Gasteiger partial charge in [-0.2, -0.15) is 0 Å². The van der Waals surface area contributed by atoms with E-state index in [-0.39, 0.29) is 16.6 Å². The van der Waals surface area contributed by atoms with E-state index < -0.39 is 0 Å². The van der Waals surface area contributed by atoms with Crippen molar-refractivity contribution in [3.05, 3.63) is 58.7 Å². The van der Waals surface area contributed by atoms with E-state index in [4.69, 9.17) is 0 Å². The van der Waals surface area contributed by atoms with Crippen LogP contribution in [0.2, 0.25) is 0 Å². The normalized spacial score (nSPS) is 15.5. The molecule has 1 aromatic carbocycles. The third-order valence-electron chi connectivity index (χ3n) is 4.25. The van der Waals surface area contributed by atoms with Crippen LogP contribution >= 0.6 is 0 Å². The third kappa shape index (κ3) is 3.97. The molecular formula is C21H28O. The molecule has 0 saturated heterocycles. The summed E-state index contributed by atoms with van der Waals surface area (Å²) < 4.78 is 0. The van der Waals surface area contributed by atoms with Gasteiger partial charge < -0.3 is 0 Å². The van der Waals surface area contributed by atoms with Crippen LogP contribution in [0.4, 0.5) is 0 Å². The van der Waals surface area contributed by atoms with Gasteiger partial charge in [0, 0.05) is 12.0 Å². The lowest BCUT2D eigenvalue weighted by molar-refractivity contribution is 0.0992. The maximum absolute atomic E-state index is 12.6. The second-order valence-electron chi connectivity index (χ2n) is 8.35. The Morgan fingerprint density at radius 2 is 1.73 bits per heavy atom. The smallest absolute Gasteiger partial charge is 0.166 e. The number of allylic oxidation sites excluding steroid dienone is 4. The van der Waals surface area contributed by atoms with Crippen molar-refractivity contribution in [2.24, 2.45) is 5.41 Å². The number of hydrogen-bond donors (Lipinski definition) is 0. The molecule has 0 saturated carbocycles. The van der Waals surface area contributed by atoms with Gasteiger partial charge in [-0.05, 0) is 34.5 Å². The standard InChI is InChI=1S/C21H28O/c1-20(2,3)17-9-7-8-16(14-17)19(22)13-15-10-11-18(12-15)21(4,5)6/h7-9,11-12,14H,10,13H2,1-6H3. The highest BCUT2D eigenvalue weighted by Crippen LogP contribution is 2.34. The van der Waals surface area contributed by atoms with Crippen LogP contribution in [0.3, 0.4) is 0 Å². The largest absolute Gasteiger partial charge is 0.294 e. The molecular weight excluding hydrogens is 268 g/mol.